The van der Waals surface area contributed by atoms with Crippen LogP contribution < -0.4 is 10.1 Å². The number of ether oxygens (including phenoxy) is 1. The maximum atomic E-state index is 13.1. The summed E-state index contributed by atoms with van der Waals surface area (Å²) in [7, 11) is 0. The van der Waals surface area contributed by atoms with Gasteiger partial charge in [0.2, 0.25) is 0 Å². The number of nitrogens with one attached hydrogen (secondary N) is 1. The smallest absolute Gasteiger partial charge is 0.416 e. The van der Waals surface area contributed by atoms with Gasteiger partial charge in [-0.1, -0.05) is 12.1 Å². The van der Waals surface area contributed by atoms with Crippen molar-refractivity contribution in [2.45, 2.75) is 18.7 Å². The Morgan fingerprint density at radius 3 is 2.23 bits per heavy atom. The fraction of sp³-hybridized carbons (Fsp3) is 0.278. The highest BCUT2D eigenvalue weighted by molar-refractivity contribution is 5.68. The molecule has 0 radical (unpaired) electrons. The van der Waals surface area contributed by atoms with E-state index in [1.54, 1.807) is 0 Å². The fourth-order valence-electron chi connectivity index (χ4n) is 2.29. The molecular weight excluding hydrogens is 354 g/mol. The minimum atomic E-state index is -4.43. The summed E-state index contributed by atoms with van der Waals surface area (Å²) < 4.78 is 56.7. The zero-order valence-electron chi connectivity index (χ0n) is 13.6. The highest BCUT2D eigenvalue weighted by Gasteiger charge is 2.30. The molecule has 2 rings (SSSR count). The Kier molecular flexibility index (Phi) is 6.57. The average molecular weight is 371 g/mol. The highest BCUT2D eigenvalue weighted by Crippen LogP contribution is 2.31. The standard InChI is InChI=1S/C18H17F4NO3/c19-14-5-1-12(2-6-14)16(9-10-23-11-17(24)25)26-15-7-3-13(4-8-15)18(20,21)22/h1-8,16,23H,9-11H2,(H,24,25). The Balaban J connectivity index is 2.09. The van der Waals surface area contributed by atoms with Gasteiger partial charge in [-0.05, 0) is 48.5 Å². The summed E-state index contributed by atoms with van der Waals surface area (Å²) in [5.41, 5.74) is -0.158. The van der Waals surface area contributed by atoms with Crippen LogP contribution in [0.15, 0.2) is 48.5 Å². The number of hydrogen-bond donors (Lipinski definition) is 2. The van der Waals surface area contributed by atoms with Gasteiger partial charge < -0.3 is 15.2 Å². The normalized spacial score (nSPS) is 12.6. The Labute approximate surface area is 147 Å². The minimum Gasteiger partial charge on any atom is -0.486 e. The number of hydrogen-bond acceptors (Lipinski definition) is 3. The van der Waals surface area contributed by atoms with Crippen molar-refractivity contribution in [1.29, 1.82) is 0 Å². The van der Waals surface area contributed by atoms with Crippen molar-refractivity contribution in [1.82, 2.24) is 5.32 Å². The average Bonchev–Trinajstić information content (AvgIpc) is 2.58. The largest absolute Gasteiger partial charge is 0.486 e. The predicted molar refractivity (Wildman–Crippen MR) is 86.3 cm³/mol. The van der Waals surface area contributed by atoms with Gasteiger partial charge in [0.25, 0.3) is 0 Å². The summed E-state index contributed by atoms with van der Waals surface area (Å²) in [6.45, 7) is 0.0748. The molecule has 0 bridgehead atoms. The van der Waals surface area contributed by atoms with Crippen molar-refractivity contribution in [2.24, 2.45) is 0 Å². The van der Waals surface area contributed by atoms with Crippen molar-refractivity contribution in [3.63, 3.8) is 0 Å². The number of benzene rings is 2. The lowest BCUT2D eigenvalue weighted by atomic mass is 10.1. The maximum absolute atomic E-state index is 13.1. The van der Waals surface area contributed by atoms with E-state index in [2.05, 4.69) is 5.32 Å². The number of carboxylic acids is 1. The molecule has 8 heteroatoms. The van der Waals surface area contributed by atoms with Gasteiger partial charge in [0.05, 0.1) is 12.1 Å². The van der Waals surface area contributed by atoms with Crippen LogP contribution in [-0.2, 0) is 11.0 Å². The van der Waals surface area contributed by atoms with Crippen molar-refractivity contribution < 1.29 is 32.2 Å². The third-order valence-electron chi connectivity index (χ3n) is 3.56. The molecule has 0 saturated carbocycles. The fourth-order valence-corrected chi connectivity index (χ4v) is 2.29. The van der Waals surface area contributed by atoms with E-state index in [9.17, 15) is 22.4 Å². The maximum Gasteiger partial charge on any atom is 0.416 e. The summed E-state index contributed by atoms with van der Waals surface area (Å²) in [6.07, 6.45) is -4.66. The van der Waals surface area contributed by atoms with Gasteiger partial charge in [0.15, 0.2) is 0 Å². The summed E-state index contributed by atoms with van der Waals surface area (Å²) in [4.78, 5) is 10.5. The third kappa shape index (κ3) is 6.03. The van der Waals surface area contributed by atoms with Crippen LogP contribution in [0.2, 0.25) is 0 Å². The van der Waals surface area contributed by atoms with Crippen molar-refractivity contribution in [3.8, 4) is 5.75 Å². The molecular formula is C18H17F4NO3. The van der Waals surface area contributed by atoms with Gasteiger partial charge in [-0.3, -0.25) is 4.79 Å². The molecule has 2 aromatic carbocycles. The lowest BCUT2D eigenvalue weighted by molar-refractivity contribution is -0.138. The summed E-state index contributed by atoms with van der Waals surface area (Å²) in [6, 6.07) is 9.79. The molecule has 1 unspecified atom stereocenters. The first-order valence-corrected chi connectivity index (χ1v) is 7.77. The molecule has 0 aromatic heterocycles. The van der Waals surface area contributed by atoms with Crippen molar-refractivity contribution >= 4 is 5.97 Å². The van der Waals surface area contributed by atoms with Crippen LogP contribution >= 0.6 is 0 Å². The number of alkyl halides is 3. The lowest BCUT2D eigenvalue weighted by Gasteiger charge is -2.20. The molecule has 0 aliphatic rings. The molecule has 0 amide bonds. The molecule has 0 saturated heterocycles. The summed E-state index contributed by atoms with van der Waals surface area (Å²) >= 11 is 0. The Morgan fingerprint density at radius 2 is 1.69 bits per heavy atom. The number of halogens is 4. The van der Waals surface area contributed by atoms with Crippen LogP contribution in [0.5, 0.6) is 5.75 Å². The second kappa shape index (κ2) is 8.66. The SMILES string of the molecule is O=C(O)CNCCC(Oc1ccc(C(F)(F)F)cc1)c1ccc(F)cc1. The topological polar surface area (TPSA) is 58.6 Å². The van der Waals surface area contributed by atoms with Gasteiger partial charge in [0.1, 0.15) is 17.7 Å². The van der Waals surface area contributed by atoms with E-state index in [4.69, 9.17) is 9.84 Å². The Bertz CT molecular complexity index is 715. The molecule has 0 fully saturated rings. The highest BCUT2D eigenvalue weighted by atomic mass is 19.4. The molecule has 140 valence electrons. The van der Waals surface area contributed by atoms with Crippen LogP contribution in [0.3, 0.4) is 0 Å². The number of rotatable bonds is 8. The van der Waals surface area contributed by atoms with Gasteiger partial charge in [0, 0.05) is 6.42 Å². The van der Waals surface area contributed by atoms with E-state index in [-0.39, 0.29) is 12.3 Å². The van der Waals surface area contributed by atoms with Crippen LogP contribution in [0.1, 0.15) is 23.7 Å². The second-order valence-corrected chi connectivity index (χ2v) is 5.54. The van der Waals surface area contributed by atoms with Crippen molar-refractivity contribution in [2.75, 3.05) is 13.1 Å². The Hall–Kier alpha value is -2.61. The zero-order valence-corrected chi connectivity index (χ0v) is 13.6. The van der Waals surface area contributed by atoms with Crippen LogP contribution in [0.25, 0.3) is 0 Å². The van der Waals surface area contributed by atoms with Gasteiger partial charge in [-0.25, -0.2) is 4.39 Å². The molecule has 0 spiro atoms. The molecule has 26 heavy (non-hydrogen) atoms. The van der Waals surface area contributed by atoms with Crippen LogP contribution in [0.4, 0.5) is 17.6 Å². The van der Waals surface area contributed by atoms with E-state index >= 15 is 0 Å². The first kappa shape index (κ1) is 19.7. The quantitative estimate of drug-likeness (QED) is 0.543. The van der Waals surface area contributed by atoms with E-state index in [0.717, 1.165) is 12.1 Å². The number of aliphatic carboxylic acids is 1. The van der Waals surface area contributed by atoms with Crippen LogP contribution in [0, 0.1) is 5.82 Å². The molecule has 0 aliphatic carbocycles. The summed E-state index contributed by atoms with van der Waals surface area (Å²) in [5, 5.41) is 11.3. The first-order chi connectivity index (χ1) is 12.3. The van der Waals surface area contributed by atoms with Gasteiger partial charge in [-0.15, -0.1) is 0 Å². The first-order valence-electron chi connectivity index (χ1n) is 7.77. The molecule has 1 atom stereocenters. The number of carbonyl (C=O) groups is 1. The zero-order chi connectivity index (χ0) is 19.2. The van der Waals surface area contributed by atoms with E-state index in [0.29, 0.717) is 18.5 Å². The second-order valence-electron chi connectivity index (χ2n) is 5.54. The Morgan fingerprint density at radius 1 is 1.08 bits per heavy atom. The molecule has 0 aliphatic heterocycles. The number of carboxylic acid groups (broad SMARTS) is 1. The van der Waals surface area contributed by atoms with Crippen molar-refractivity contribution in [3.05, 3.63) is 65.5 Å². The predicted octanol–water partition coefficient (Wildman–Crippen LogP) is 4.03. The molecule has 2 aromatic rings. The monoisotopic (exact) mass is 371 g/mol. The molecule has 0 heterocycles. The third-order valence-corrected chi connectivity index (χ3v) is 3.56. The summed E-state index contributed by atoms with van der Waals surface area (Å²) in [5.74, 6) is -1.21. The molecule has 4 nitrogen and oxygen atoms in total. The van der Waals surface area contributed by atoms with Gasteiger partial charge >= 0.3 is 12.1 Å². The van der Waals surface area contributed by atoms with Gasteiger partial charge in [-0.2, -0.15) is 13.2 Å². The van der Waals surface area contributed by atoms with Crippen LogP contribution in [-0.4, -0.2) is 24.2 Å². The lowest BCUT2D eigenvalue weighted by Crippen LogP contribution is -2.25. The van der Waals surface area contributed by atoms with E-state index < -0.39 is 29.6 Å². The molecule has 2 N–H and O–H groups in total. The minimum absolute atomic E-state index is 0.226. The van der Waals surface area contributed by atoms with E-state index in [1.807, 2.05) is 0 Å². The van der Waals surface area contributed by atoms with E-state index in [1.165, 1.54) is 36.4 Å².